The van der Waals surface area contributed by atoms with Crippen LogP contribution in [0.4, 0.5) is 5.69 Å². The lowest BCUT2D eigenvalue weighted by atomic mass is 10.2. The molecular weight excluding hydrogens is 454 g/mol. The molecular formula is C25H21N3O5S. The van der Waals surface area contributed by atoms with Crippen LogP contribution in [0.15, 0.2) is 96.0 Å². The van der Waals surface area contributed by atoms with Crippen LogP contribution in [-0.4, -0.2) is 31.9 Å². The molecule has 0 atom stereocenters. The van der Waals surface area contributed by atoms with Crippen molar-refractivity contribution in [3.05, 3.63) is 102 Å². The maximum atomic E-state index is 12.6. The lowest BCUT2D eigenvalue weighted by molar-refractivity contribution is -0.119. The van der Waals surface area contributed by atoms with Gasteiger partial charge < -0.3 is 10.1 Å². The summed E-state index contributed by atoms with van der Waals surface area (Å²) >= 11 is 0. The highest BCUT2D eigenvalue weighted by atomic mass is 32.2. The Morgan fingerprint density at radius 2 is 1.68 bits per heavy atom. The standard InChI is InChI=1S/C25H21N3O5S/c29-24(28-23-13-5-12-22-21(23)11-6-14-26-22)17-33-25(30)19-9-4-10-20(15-19)34(31,32)27-16-18-7-2-1-3-8-18/h1-15,27H,16-17H2,(H,28,29). The molecule has 1 heterocycles. The third-order valence-corrected chi connectivity index (χ3v) is 6.34. The summed E-state index contributed by atoms with van der Waals surface area (Å²) in [5.74, 6) is -1.34. The number of esters is 1. The van der Waals surface area contributed by atoms with E-state index in [9.17, 15) is 18.0 Å². The first-order valence-corrected chi connectivity index (χ1v) is 11.8. The van der Waals surface area contributed by atoms with Gasteiger partial charge in [-0.3, -0.25) is 9.78 Å². The number of benzene rings is 3. The van der Waals surface area contributed by atoms with E-state index in [0.29, 0.717) is 5.69 Å². The van der Waals surface area contributed by atoms with Gasteiger partial charge in [-0.05, 0) is 48.0 Å². The van der Waals surface area contributed by atoms with E-state index >= 15 is 0 Å². The molecule has 0 aliphatic rings. The van der Waals surface area contributed by atoms with Crippen LogP contribution in [0.2, 0.25) is 0 Å². The van der Waals surface area contributed by atoms with E-state index in [2.05, 4.69) is 15.0 Å². The Labute approximate surface area is 196 Å². The average Bonchev–Trinajstić information content (AvgIpc) is 2.87. The van der Waals surface area contributed by atoms with Crippen molar-refractivity contribution in [1.82, 2.24) is 9.71 Å². The van der Waals surface area contributed by atoms with E-state index in [1.54, 1.807) is 36.5 Å². The Balaban J connectivity index is 1.37. The molecule has 4 rings (SSSR count). The number of carbonyl (C=O) groups is 2. The number of amides is 1. The van der Waals surface area contributed by atoms with Crippen molar-refractivity contribution in [1.29, 1.82) is 0 Å². The number of sulfonamides is 1. The molecule has 1 aromatic heterocycles. The quantitative estimate of drug-likeness (QED) is 0.377. The van der Waals surface area contributed by atoms with E-state index in [0.717, 1.165) is 16.5 Å². The van der Waals surface area contributed by atoms with Crippen molar-refractivity contribution >= 4 is 38.5 Å². The number of fused-ring (bicyclic) bond motifs is 1. The highest BCUT2D eigenvalue weighted by Crippen LogP contribution is 2.21. The van der Waals surface area contributed by atoms with Crippen molar-refractivity contribution in [3.8, 4) is 0 Å². The number of hydrogen-bond donors (Lipinski definition) is 2. The monoisotopic (exact) mass is 475 g/mol. The van der Waals surface area contributed by atoms with Crippen LogP contribution in [-0.2, 0) is 26.1 Å². The number of nitrogens with one attached hydrogen (secondary N) is 2. The largest absolute Gasteiger partial charge is 0.452 e. The zero-order valence-electron chi connectivity index (χ0n) is 18.0. The molecule has 9 heteroatoms. The number of anilines is 1. The number of carbonyl (C=O) groups excluding carboxylic acids is 2. The molecule has 0 aliphatic carbocycles. The fraction of sp³-hybridized carbons (Fsp3) is 0.0800. The maximum Gasteiger partial charge on any atom is 0.338 e. The Morgan fingerprint density at radius 3 is 2.50 bits per heavy atom. The van der Waals surface area contributed by atoms with Gasteiger partial charge in [-0.15, -0.1) is 0 Å². The Morgan fingerprint density at radius 1 is 0.882 bits per heavy atom. The summed E-state index contributed by atoms with van der Waals surface area (Å²) in [5.41, 5.74) is 2.08. The molecule has 0 fully saturated rings. The van der Waals surface area contributed by atoms with Crippen molar-refractivity contribution in [2.45, 2.75) is 11.4 Å². The smallest absolute Gasteiger partial charge is 0.338 e. The average molecular weight is 476 g/mol. The van der Waals surface area contributed by atoms with E-state index < -0.39 is 28.5 Å². The number of pyridine rings is 1. The van der Waals surface area contributed by atoms with Gasteiger partial charge in [-0.1, -0.05) is 42.5 Å². The minimum absolute atomic E-state index is 0.0183. The van der Waals surface area contributed by atoms with Gasteiger partial charge in [0.05, 0.1) is 21.7 Å². The molecule has 1 amide bonds. The van der Waals surface area contributed by atoms with Gasteiger partial charge in [0.1, 0.15) is 0 Å². The number of hydrogen-bond acceptors (Lipinski definition) is 6. The molecule has 0 saturated heterocycles. The third kappa shape index (κ3) is 5.64. The first-order chi connectivity index (χ1) is 16.4. The molecule has 0 aliphatic heterocycles. The third-order valence-electron chi connectivity index (χ3n) is 4.94. The van der Waals surface area contributed by atoms with Crippen LogP contribution in [0.5, 0.6) is 0 Å². The SMILES string of the molecule is O=C(COC(=O)c1cccc(S(=O)(=O)NCc2ccccc2)c1)Nc1cccc2ncccc12. The second kappa shape index (κ2) is 10.2. The summed E-state index contributed by atoms with van der Waals surface area (Å²) in [7, 11) is -3.85. The molecule has 2 N–H and O–H groups in total. The van der Waals surface area contributed by atoms with Gasteiger partial charge in [0, 0.05) is 18.1 Å². The van der Waals surface area contributed by atoms with Gasteiger partial charge >= 0.3 is 5.97 Å². The molecule has 0 spiro atoms. The second-order valence-electron chi connectivity index (χ2n) is 7.34. The highest BCUT2D eigenvalue weighted by Gasteiger charge is 2.18. The lowest BCUT2D eigenvalue weighted by Gasteiger charge is -2.10. The molecule has 3 aromatic carbocycles. The zero-order valence-corrected chi connectivity index (χ0v) is 18.8. The topological polar surface area (TPSA) is 114 Å². The van der Waals surface area contributed by atoms with Crippen LogP contribution < -0.4 is 10.0 Å². The summed E-state index contributed by atoms with van der Waals surface area (Å²) in [6, 6.07) is 23.4. The highest BCUT2D eigenvalue weighted by molar-refractivity contribution is 7.89. The molecule has 0 saturated carbocycles. The van der Waals surface area contributed by atoms with Gasteiger partial charge in [0.15, 0.2) is 6.61 Å². The summed E-state index contributed by atoms with van der Waals surface area (Å²) < 4.78 is 32.8. The van der Waals surface area contributed by atoms with Gasteiger partial charge in [-0.2, -0.15) is 0 Å². The van der Waals surface area contributed by atoms with Crippen molar-refractivity contribution in [2.75, 3.05) is 11.9 Å². The number of ether oxygens (including phenoxy) is 1. The molecule has 4 aromatic rings. The van der Waals surface area contributed by atoms with E-state index in [1.165, 1.54) is 24.3 Å². The molecule has 0 radical (unpaired) electrons. The minimum atomic E-state index is -3.85. The normalized spacial score (nSPS) is 11.2. The minimum Gasteiger partial charge on any atom is -0.452 e. The predicted molar refractivity (Wildman–Crippen MR) is 128 cm³/mol. The number of rotatable bonds is 8. The second-order valence-corrected chi connectivity index (χ2v) is 9.10. The van der Waals surface area contributed by atoms with Crippen molar-refractivity contribution in [3.63, 3.8) is 0 Å². The van der Waals surface area contributed by atoms with Crippen molar-refractivity contribution < 1.29 is 22.7 Å². The Bertz CT molecular complexity index is 1430. The summed E-state index contributed by atoms with van der Waals surface area (Å²) in [6.45, 7) is -0.416. The molecule has 0 bridgehead atoms. The fourth-order valence-electron chi connectivity index (χ4n) is 3.26. The molecule has 34 heavy (non-hydrogen) atoms. The maximum absolute atomic E-state index is 12.6. The number of aromatic nitrogens is 1. The van der Waals surface area contributed by atoms with Crippen LogP contribution in [0.3, 0.4) is 0 Å². The van der Waals surface area contributed by atoms with Gasteiger partial charge in [0.2, 0.25) is 10.0 Å². The van der Waals surface area contributed by atoms with Gasteiger partial charge in [-0.25, -0.2) is 17.9 Å². The van der Waals surface area contributed by atoms with Crippen LogP contribution in [0, 0.1) is 0 Å². The Kier molecular flexibility index (Phi) is 6.95. The summed E-state index contributed by atoms with van der Waals surface area (Å²) in [5, 5.41) is 3.45. The molecule has 0 unspecified atom stereocenters. The predicted octanol–water partition coefficient (Wildman–Crippen LogP) is 3.51. The Hall–Kier alpha value is -4.08. The van der Waals surface area contributed by atoms with Crippen LogP contribution >= 0.6 is 0 Å². The lowest BCUT2D eigenvalue weighted by Crippen LogP contribution is -2.24. The first-order valence-electron chi connectivity index (χ1n) is 10.4. The van der Waals surface area contributed by atoms with Gasteiger partial charge in [0.25, 0.3) is 5.91 Å². The first kappa shape index (κ1) is 23.1. The molecule has 8 nitrogen and oxygen atoms in total. The van der Waals surface area contributed by atoms with E-state index in [-0.39, 0.29) is 17.0 Å². The fourth-order valence-corrected chi connectivity index (χ4v) is 4.32. The zero-order chi connectivity index (χ0) is 24.0. The van der Waals surface area contributed by atoms with Crippen LogP contribution in [0.1, 0.15) is 15.9 Å². The summed E-state index contributed by atoms with van der Waals surface area (Å²) in [4.78, 5) is 28.9. The van der Waals surface area contributed by atoms with Crippen molar-refractivity contribution in [2.24, 2.45) is 0 Å². The van der Waals surface area contributed by atoms with E-state index in [1.807, 2.05) is 30.3 Å². The number of nitrogens with zero attached hydrogens (tertiary/aromatic N) is 1. The van der Waals surface area contributed by atoms with E-state index in [4.69, 9.17) is 4.74 Å². The van der Waals surface area contributed by atoms with Crippen LogP contribution in [0.25, 0.3) is 10.9 Å². The summed E-state index contributed by atoms with van der Waals surface area (Å²) in [6.07, 6.45) is 1.65. The molecule has 172 valence electrons.